The van der Waals surface area contributed by atoms with E-state index in [1.54, 1.807) is 7.11 Å². The molecule has 1 aliphatic heterocycles. The minimum Gasteiger partial charge on any atom is -0.496 e. The zero-order valence-electron chi connectivity index (χ0n) is 20.3. The molecular formula is C29H33N3O2. The lowest BCUT2D eigenvalue weighted by atomic mass is 10.0. The van der Waals surface area contributed by atoms with Crippen LogP contribution in [-0.2, 0) is 4.79 Å². The third-order valence-corrected chi connectivity index (χ3v) is 6.41. The number of methoxy groups -OCH3 is 1. The van der Waals surface area contributed by atoms with Crippen LogP contribution < -0.4 is 15.0 Å². The first kappa shape index (κ1) is 23.6. The normalized spacial score (nSPS) is 14.7. The van der Waals surface area contributed by atoms with Gasteiger partial charge in [0, 0.05) is 48.7 Å². The van der Waals surface area contributed by atoms with E-state index in [-0.39, 0.29) is 5.91 Å². The number of carbonyl (C=O) groups is 1. The summed E-state index contributed by atoms with van der Waals surface area (Å²) in [5, 5.41) is 3.14. The van der Waals surface area contributed by atoms with Crippen LogP contribution in [-0.4, -0.2) is 50.6 Å². The van der Waals surface area contributed by atoms with Gasteiger partial charge in [0.2, 0.25) is 0 Å². The third-order valence-electron chi connectivity index (χ3n) is 6.41. The maximum atomic E-state index is 13.5. The Kier molecular flexibility index (Phi) is 7.65. The van der Waals surface area contributed by atoms with Crippen LogP contribution in [0.15, 0.2) is 72.8 Å². The molecule has 1 fully saturated rings. The molecule has 3 aromatic rings. The molecule has 34 heavy (non-hydrogen) atoms. The summed E-state index contributed by atoms with van der Waals surface area (Å²) in [6, 6.07) is 23.7. The van der Waals surface area contributed by atoms with Crippen LogP contribution in [0.4, 0.5) is 11.4 Å². The zero-order valence-corrected chi connectivity index (χ0v) is 20.3. The summed E-state index contributed by atoms with van der Waals surface area (Å²) in [6.45, 7) is 9.59. The fraction of sp³-hybridized carbons (Fsp3) is 0.276. The number of para-hydroxylation sites is 1. The molecule has 0 saturated carbocycles. The quantitative estimate of drug-likeness (QED) is 0.387. The van der Waals surface area contributed by atoms with Gasteiger partial charge in [-0.25, -0.2) is 0 Å². The van der Waals surface area contributed by atoms with E-state index in [0.29, 0.717) is 5.57 Å². The highest BCUT2D eigenvalue weighted by Gasteiger charge is 2.18. The van der Waals surface area contributed by atoms with Crippen LogP contribution in [0, 0.1) is 6.92 Å². The van der Waals surface area contributed by atoms with Crippen LogP contribution in [0.2, 0.25) is 0 Å². The Morgan fingerprint density at radius 3 is 2.35 bits per heavy atom. The van der Waals surface area contributed by atoms with Crippen LogP contribution >= 0.6 is 0 Å². The number of ether oxygens (including phenoxy) is 1. The monoisotopic (exact) mass is 455 g/mol. The Bertz CT molecular complexity index is 1150. The van der Waals surface area contributed by atoms with E-state index in [9.17, 15) is 4.79 Å². The predicted octanol–water partition coefficient (Wildman–Crippen LogP) is 5.32. The molecule has 176 valence electrons. The van der Waals surface area contributed by atoms with Gasteiger partial charge in [-0.3, -0.25) is 4.79 Å². The van der Waals surface area contributed by atoms with E-state index in [4.69, 9.17) is 4.74 Å². The second-order valence-corrected chi connectivity index (χ2v) is 8.54. The van der Waals surface area contributed by atoms with Gasteiger partial charge in [-0.1, -0.05) is 55.5 Å². The minimum absolute atomic E-state index is 0.149. The van der Waals surface area contributed by atoms with Crippen molar-refractivity contribution < 1.29 is 9.53 Å². The SMILES string of the molecule is CCN1CCN(c2ccc(NC(=O)/C(=C/c3ccccc3OC)c3ccccc3)c(C)c2)CC1. The number of nitrogens with zero attached hydrogens (tertiary/aromatic N) is 2. The number of benzene rings is 3. The molecule has 0 spiro atoms. The molecule has 1 aliphatic rings. The standard InChI is InChI=1S/C29H33N3O2/c1-4-31-16-18-32(19-17-31)25-14-15-27(22(2)20-25)30-29(33)26(23-10-6-5-7-11-23)21-24-12-8-9-13-28(24)34-3/h5-15,20-21H,4,16-19H2,1-3H3,(H,30,33)/b26-21+. The Balaban J connectivity index is 1.58. The molecule has 4 rings (SSSR count). The van der Waals surface area contributed by atoms with Crippen LogP contribution in [0.25, 0.3) is 11.6 Å². The molecule has 0 aromatic heterocycles. The summed E-state index contributed by atoms with van der Waals surface area (Å²) in [7, 11) is 1.64. The minimum atomic E-state index is -0.149. The Labute approximate surface area is 202 Å². The highest BCUT2D eigenvalue weighted by molar-refractivity contribution is 6.29. The van der Waals surface area contributed by atoms with Crippen molar-refractivity contribution in [3.63, 3.8) is 0 Å². The van der Waals surface area contributed by atoms with Crippen molar-refractivity contribution in [1.82, 2.24) is 4.90 Å². The van der Waals surface area contributed by atoms with Crippen molar-refractivity contribution >= 4 is 28.9 Å². The number of nitrogens with one attached hydrogen (secondary N) is 1. The Morgan fingerprint density at radius 2 is 1.68 bits per heavy atom. The second kappa shape index (κ2) is 11.0. The van der Waals surface area contributed by atoms with Crippen LogP contribution in [0.1, 0.15) is 23.6 Å². The maximum absolute atomic E-state index is 13.5. The summed E-state index contributed by atoms with van der Waals surface area (Å²) < 4.78 is 5.50. The first-order valence-electron chi connectivity index (χ1n) is 11.9. The van der Waals surface area contributed by atoms with E-state index in [2.05, 4.69) is 34.2 Å². The van der Waals surface area contributed by atoms with Crippen LogP contribution in [0.5, 0.6) is 5.75 Å². The second-order valence-electron chi connectivity index (χ2n) is 8.54. The molecule has 5 heteroatoms. The number of aryl methyl sites for hydroxylation is 1. The molecule has 0 aliphatic carbocycles. The average Bonchev–Trinajstić information content (AvgIpc) is 2.89. The summed E-state index contributed by atoms with van der Waals surface area (Å²) in [4.78, 5) is 18.4. The number of rotatable bonds is 7. The molecule has 0 bridgehead atoms. The lowest BCUT2D eigenvalue weighted by molar-refractivity contribution is -0.111. The van der Waals surface area contributed by atoms with Gasteiger partial charge in [0.05, 0.1) is 7.11 Å². The van der Waals surface area contributed by atoms with Crippen molar-refractivity contribution in [2.45, 2.75) is 13.8 Å². The van der Waals surface area contributed by atoms with E-state index in [0.717, 1.165) is 60.9 Å². The molecule has 0 atom stereocenters. The van der Waals surface area contributed by atoms with Gasteiger partial charge in [0.25, 0.3) is 5.91 Å². The number of hydrogen-bond donors (Lipinski definition) is 1. The largest absolute Gasteiger partial charge is 0.496 e. The molecular weight excluding hydrogens is 422 g/mol. The van der Waals surface area contributed by atoms with E-state index < -0.39 is 0 Å². The zero-order chi connectivity index (χ0) is 23.9. The molecule has 1 amide bonds. The molecule has 1 saturated heterocycles. The smallest absolute Gasteiger partial charge is 0.256 e. The molecule has 3 aromatic carbocycles. The fourth-order valence-electron chi connectivity index (χ4n) is 4.34. The molecule has 0 radical (unpaired) electrons. The first-order chi connectivity index (χ1) is 16.6. The summed E-state index contributed by atoms with van der Waals surface area (Å²) in [5.74, 6) is 0.581. The Morgan fingerprint density at radius 1 is 0.971 bits per heavy atom. The van der Waals surface area contributed by atoms with E-state index in [1.165, 1.54) is 5.69 Å². The number of carbonyl (C=O) groups excluding carboxylic acids is 1. The van der Waals surface area contributed by atoms with Gasteiger partial charge in [-0.05, 0) is 54.9 Å². The van der Waals surface area contributed by atoms with Gasteiger partial charge < -0.3 is 19.9 Å². The lowest BCUT2D eigenvalue weighted by Gasteiger charge is -2.35. The molecule has 1 N–H and O–H groups in total. The van der Waals surface area contributed by atoms with Crippen molar-refractivity contribution in [3.8, 4) is 5.75 Å². The van der Waals surface area contributed by atoms with Crippen molar-refractivity contribution in [3.05, 3.63) is 89.5 Å². The number of hydrogen-bond acceptors (Lipinski definition) is 4. The Hall–Kier alpha value is -3.57. The molecule has 1 heterocycles. The highest BCUT2D eigenvalue weighted by atomic mass is 16.5. The molecule has 5 nitrogen and oxygen atoms in total. The van der Waals surface area contributed by atoms with Crippen molar-refractivity contribution in [1.29, 1.82) is 0 Å². The molecule has 0 unspecified atom stereocenters. The highest BCUT2D eigenvalue weighted by Crippen LogP contribution is 2.28. The topological polar surface area (TPSA) is 44.8 Å². The number of piperazine rings is 1. The summed E-state index contributed by atoms with van der Waals surface area (Å²) in [5.41, 5.74) is 5.38. The van der Waals surface area contributed by atoms with Crippen molar-refractivity contribution in [2.75, 3.05) is 50.1 Å². The van der Waals surface area contributed by atoms with Gasteiger partial charge in [-0.2, -0.15) is 0 Å². The first-order valence-corrected chi connectivity index (χ1v) is 11.9. The van der Waals surface area contributed by atoms with E-state index >= 15 is 0 Å². The van der Waals surface area contributed by atoms with Gasteiger partial charge in [-0.15, -0.1) is 0 Å². The predicted molar refractivity (Wildman–Crippen MR) is 141 cm³/mol. The van der Waals surface area contributed by atoms with E-state index in [1.807, 2.05) is 73.7 Å². The average molecular weight is 456 g/mol. The van der Waals surface area contributed by atoms with Crippen molar-refractivity contribution in [2.24, 2.45) is 0 Å². The number of amides is 1. The summed E-state index contributed by atoms with van der Waals surface area (Å²) in [6.07, 6.45) is 1.89. The van der Waals surface area contributed by atoms with Gasteiger partial charge in [0.15, 0.2) is 0 Å². The fourth-order valence-corrected chi connectivity index (χ4v) is 4.34. The maximum Gasteiger partial charge on any atom is 0.256 e. The summed E-state index contributed by atoms with van der Waals surface area (Å²) >= 11 is 0. The lowest BCUT2D eigenvalue weighted by Crippen LogP contribution is -2.46. The third kappa shape index (κ3) is 5.49. The van der Waals surface area contributed by atoms with Gasteiger partial charge in [0.1, 0.15) is 5.75 Å². The van der Waals surface area contributed by atoms with Crippen LogP contribution in [0.3, 0.4) is 0 Å². The van der Waals surface area contributed by atoms with Gasteiger partial charge >= 0.3 is 0 Å². The number of anilines is 2. The number of likely N-dealkylation sites (N-methyl/N-ethyl adjacent to an activating group) is 1.